The summed E-state index contributed by atoms with van der Waals surface area (Å²) >= 11 is 0. The maximum absolute atomic E-state index is 15.1. The molecule has 11 heteroatoms. The Morgan fingerprint density at radius 2 is 1.17 bits per heavy atom. The molecule has 6 bridgehead atoms. The molecule has 1 aliphatic carbocycles. The Hall–Kier alpha value is -9.87. The van der Waals surface area contributed by atoms with Crippen LogP contribution >= 0.6 is 0 Å². The second-order valence-electron chi connectivity index (χ2n) is 23.1. The molecule has 0 spiro atoms. The largest absolute Gasteiger partial charge is 0.490 e. The number of amides is 1. The molecule has 11 nitrogen and oxygen atoms in total. The Labute approximate surface area is 490 Å². The van der Waals surface area contributed by atoms with E-state index in [-0.39, 0.29) is 24.6 Å². The highest BCUT2D eigenvalue weighted by Crippen LogP contribution is 2.46. The summed E-state index contributed by atoms with van der Waals surface area (Å²) in [6.07, 6.45) is 7.69. The molecule has 416 valence electrons. The molecule has 0 radical (unpaired) electrons. The number of carbonyl (C=O) groups is 1. The van der Waals surface area contributed by atoms with Gasteiger partial charge in [-0.3, -0.25) is 4.68 Å². The van der Waals surface area contributed by atoms with Gasteiger partial charge in [0.25, 0.3) is 0 Å². The van der Waals surface area contributed by atoms with Gasteiger partial charge in [0.1, 0.15) is 39.9 Å². The van der Waals surface area contributed by atoms with E-state index in [0.717, 1.165) is 67.8 Å². The van der Waals surface area contributed by atoms with Gasteiger partial charge < -0.3 is 19.7 Å². The molecular weight excluding hydrogens is 1040 g/mol. The average molecular weight is 1100 g/mol. The smallest absolute Gasteiger partial charge is 0.410 e. The highest BCUT2D eigenvalue weighted by Gasteiger charge is 2.44. The van der Waals surface area contributed by atoms with Gasteiger partial charge in [-0.05, 0) is 102 Å². The van der Waals surface area contributed by atoms with Gasteiger partial charge in [-0.25, -0.2) is 14.5 Å². The van der Waals surface area contributed by atoms with Gasteiger partial charge in [0, 0.05) is 42.2 Å². The van der Waals surface area contributed by atoms with E-state index in [9.17, 15) is 0 Å². The number of hydrogen-bond donors (Lipinski definition) is 1. The molecule has 1 saturated carbocycles. The Morgan fingerprint density at radius 3 is 1.71 bits per heavy atom. The first-order valence-electron chi connectivity index (χ1n) is 29.0. The lowest BCUT2D eigenvalue weighted by atomic mass is 9.77. The summed E-state index contributed by atoms with van der Waals surface area (Å²) in [5.74, 6) is 1.46. The van der Waals surface area contributed by atoms with E-state index in [1.165, 1.54) is 5.56 Å². The first-order chi connectivity index (χ1) is 41.1. The molecule has 1 fully saturated rings. The molecule has 13 rings (SSSR count). The lowest BCUT2D eigenvalue weighted by molar-refractivity contribution is 0.0184. The van der Waals surface area contributed by atoms with Crippen molar-refractivity contribution in [2.45, 2.75) is 75.4 Å². The van der Waals surface area contributed by atoms with Gasteiger partial charge in [0.15, 0.2) is 5.65 Å². The fraction of sp³-hybridized carbons (Fsp3) is 0.192. The second-order valence-corrected chi connectivity index (χ2v) is 23.1. The number of nitrogens with zero attached hydrogens (tertiary/aromatic N) is 7. The van der Waals surface area contributed by atoms with Crippen LogP contribution in [0, 0.1) is 5.92 Å². The average Bonchev–Trinajstić information content (AvgIpc) is 1.56. The van der Waals surface area contributed by atoms with Crippen molar-refractivity contribution in [3.05, 3.63) is 317 Å². The Bertz CT molecular complexity index is 3860. The zero-order valence-corrected chi connectivity index (χ0v) is 47.4. The second kappa shape index (κ2) is 22.8. The number of fused-ring (bicyclic) bond motifs is 7. The number of rotatable bonds is 12. The van der Waals surface area contributed by atoms with Crippen LogP contribution in [0.1, 0.15) is 89.2 Å². The van der Waals surface area contributed by atoms with Gasteiger partial charge >= 0.3 is 6.09 Å². The zero-order chi connectivity index (χ0) is 57.1. The summed E-state index contributed by atoms with van der Waals surface area (Å²) in [7, 11) is 0. The van der Waals surface area contributed by atoms with Gasteiger partial charge in [0.2, 0.25) is 0 Å². The summed E-state index contributed by atoms with van der Waals surface area (Å²) in [6, 6.07) is 84.0. The molecule has 2 aliphatic rings. The molecule has 0 unspecified atom stereocenters. The van der Waals surface area contributed by atoms with Crippen LogP contribution in [0.15, 0.2) is 261 Å². The number of pyridine rings is 1. The quantitative estimate of drug-likeness (QED) is 0.120. The summed E-state index contributed by atoms with van der Waals surface area (Å²) < 4.78 is 17.4. The van der Waals surface area contributed by atoms with Crippen LogP contribution in [-0.4, -0.2) is 65.0 Å². The predicted octanol–water partition coefficient (Wildman–Crippen LogP) is 14.8. The van der Waals surface area contributed by atoms with Crippen LogP contribution in [-0.2, 0) is 28.8 Å². The van der Waals surface area contributed by atoms with Crippen molar-refractivity contribution in [2.75, 3.05) is 11.9 Å². The van der Waals surface area contributed by atoms with E-state index in [2.05, 4.69) is 236 Å². The highest BCUT2D eigenvalue weighted by molar-refractivity contribution is 5.94. The fourth-order valence-electron chi connectivity index (χ4n) is 12.8. The van der Waals surface area contributed by atoms with Gasteiger partial charge in [-0.15, -0.1) is 5.10 Å². The van der Waals surface area contributed by atoms with Crippen molar-refractivity contribution >= 4 is 28.6 Å². The van der Waals surface area contributed by atoms with Crippen molar-refractivity contribution in [1.82, 2.24) is 34.7 Å². The highest BCUT2D eigenvalue weighted by atomic mass is 16.6. The van der Waals surface area contributed by atoms with E-state index in [1.807, 2.05) is 65.5 Å². The van der Waals surface area contributed by atoms with Crippen LogP contribution in [0.25, 0.3) is 16.7 Å². The standard InChI is InChI=1S/C73H66N8O3/c1-71(2,3)84-70(82)80-43-42-64(55-49-74-79(51-55)50-53-28-25-41-63(45-53)83-66-47-62(80)46-54(66)44-52-26-11-4-12-27-52)65-48-67(76-72(56-29-13-5-14-30-56,57-31-15-6-16-32-57)58-33-17-7-18-34-58)75-69-68(65)77-78-81(69)73(59-35-19-8-20-36-59,60-37-21-9-22-38-60)61-39-23-10-24-40-61/h4-42,45,48-49,51,54,62,66H,43-44,46-47,50H2,1-3H3,(H,75,76)/b64-42+/t54-,62-,66+/m0/s1. The minimum absolute atomic E-state index is 0.107. The fourth-order valence-corrected chi connectivity index (χ4v) is 12.8. The predicted molar refractivity (Wildman–Crippen MR) is 332 cm³/mol. The molecule has 1 N–H and O–H groups in total. The third-order valence-electron chi connectivity index (χ3n) is 16.5. The van der Waals surface area contributed by atoms with Gasteiger partial charge in [0.05, 0.1) is 12.7 Å². The van der Waals surface area contributed by atoms with Crippen molar-refractivity contribution in [2.24, 2.45) is 5.92 Å². The molecule has 8 aromatic carbocycles. The Balaban J connectivity index is 1.09. The van der Waals surface area contributed by atoms with Crippen LogP contribution in [0.5, 0.6) is 5.75 Å². The van der Waals surface area contributed by atoms with Crippen LogP contribution < -0.4 is 10.1 Å². The van der Waals surface area contributed by atoms with E-state index in [4.69, 9.17) is 29.9 Å². The van der Waals surface area contributed by atoms with E-state index in [0.29, 0.717) is 36.4 Å². The van der Waals surface area contributed by atoms with Crippen molar-refractivity contribution in [3.63, 3.8) is 0 Å². The van der Waals surface area contributed by atoms with Crippen LogP contribution in [0.2, 0.25) is 0 Å². The minimum Gasteiger partial charge on any atom is -0.490 e. The number of nitrogens with one attached hydrogen (secondary N) is 1. The van der Waals surface area contributed by atoms with E-state index in [1.54, 1.807) is 0 Å². The molecule has 3 aromatic heterocycles. The molecule has 3 atom stereocenters. The normalized spacial score (nSPS) is 17.1. The maximum atomic E-state index is 15.1. The molecule has 11 aromatic rings. The maximum Gasteiger partial charge on any atom is 0.410 e. The van der Waals surface area contributed by atoms with Crippen molar-refractivity contribution in [1.29, 1.82) is 0 Å². The molecular formula is C73H66N8O3. The number of anilines is 1. The van der Waals surface area contributed by atoms with Gasteiger partial charge in [-0.1, -0.05) is 236 Å². The Kier molecular flexibility index (Phi) is 14.5. The SMILES string of the molecule is CC(C)(C)OC(=O)N1C/C=C(/c2cc(NC(c3ccccc3)(c3ccccc3)c3ccccc3)nc3c2nnn3C(c2ccccc2)(c2ccccc2)c2ccccc2)c2cnn(c2)Cc2cccc(c2)O[C@@H]2C[C@@H]1C[C@@H]2Cc1ccccc1. The minimum atomic E-state index is -1.09. The molecule has 4 heterocycles. The van der Waals surface area contributed by atoms with E-state index < -0.39 is 22.8 Å². The third-order valence-corrected chi connectivity index (χ3v) is 16.5. The number of aromatic nitrogens is 6. The monoisotopic (exact) mass is 1100 g/mol. The van der Waals surface area contributed by atoms with Crippen molar-refractivity contribution < 1.29 is 14.3 Å². The first kappa shape index (κ1) is 53.4. The van der Waals surface area contributed by atoms with Crippen LogP contribution in [0.3, 0.4) is 0 Å². The number of hydrogen-bond acceptors (Lipinski definition) is 8. The summed E-state index contributed by atoms with van der Waals surface area (Å²) in [4.78, 5) is 22.8. The third kappa shape index (κ3) is 10.4. The molecule has 1 amide bonds. The summed E-state index contributed by atoms with van der Waals surface area (Å²) in [5, 5.41) is 19.8. The molecule has 1 aliphatic heterocycles. The number of benzene rings is 8. The van der Waals surface area contributed by atoms with Gasteiger partial charge in [-0.2, -0.15) is 5.10 Å². The summed E-state index contributed by atoms with van der Waals surface area (Å²) in [6.45, 7) is 6.46. The summed E-state index contributed by atoms with van der Waals surface area (Å²) in [5.41, 5.74) is 8.85. The molecule has 84 heavy (non-hydrogen) atoms. The van der Waals surface area contributed by atoms with Crippen molar-refractivity contribution in [3.8, 4) is 5.75 Å². The first-order valence-corrected chi connectivity index (χ1v) is 29.0. The topological polar surface area (TPSA) is 112 Å². The molecule has 0 saturated heterocycles. The number of ether oxygens (including phenoxy) is 2. The van der Waals surface area contributed by atoms with E-state index >= 15 is 4.79 Å². The number of carbonyl (C=O) groups excluding carboxylic acids is 1. The lowest BCUT2D eigenvalue weighted by Crippen LogP contribution is -2.43. The zero-order valence-electron chi connectivity index (χ0n) is 47.4. The lowest BCUT2D eigenvalue weighted by Gasteiger charge is -2.38. The van der Waals surface area contributed by atoms with Crippen LogP contribution in [0.4, 0.5) is 10.6 Å². The Morgan fingerprint density at radius 1 is 0.631 bits per heavy atom.